The Morgan fingerprint density at radius 2 is 1.72 bits per heavy atom. The van der Waals surface area contributed by atoms with E-state index in [1.54, 1.807) is 18.2 Å². The number of carbonyl (C=O) groups excluding carboxylic acids is 1. The molecule has 5 rings (SSSR count). The molecule has 3 aromatic carbocycles. The summed E-state index contributed by atoms with van der Waals surface area (Å²) in [6.45, 7) is 5.10. The second-order valence-corrected chi connectivity index (χ2v) is 9.62. The standard InChI is InChI=1S/C29H30FNO5/c1-18(2)25-13-21(19-3-7-22(30)8-4-19)15-34-29(25)20-5-10-24(11-6-20)33-16-28(32)31-23-9-12-26-27(14-23)36-17-35-26/h3-12,14,18,21,25,29H,13,15-17H2,1-2H3,(H,31,32)/t21-,25-,29-/m0/s1. The van der Waals surface area contributed by atoms with Crippen molar-refractivity contribution >= 4 is 11.6 Å². The highest BCUT2D eigenvalue weighted by molar-refractivity contribution is 5.92. The predicted octanol–water partition coefficient (Wildman–Crippen LogP) is 6.09. The van der Waals surface area contributed by atoms with Gasteiger partial charge in [-0.15, -0.1) is 0 Å². The van der Waals surface area contributed by atoms with Gasteiger partial charge in [-0.3, -0.25) is 4.79 Å². The summed E-state index contributed by atoms with van der Waals surface area (Å²) in [7, 11) is 0. The molecule has 0 saturated carbocycles. The van der Waals surface area contributed by atoms with Gasteiger partial charge in [0, 0.05) is 17.7 Å². The number of anilines is 1. The quantitative estimate of drug-likeness (QED) is 0.433. The summed E-state index contributed by atoms with van der Waals surface area (Å²) in [5.41, 5.74) is 2.82. The summed E-state index contributed by atoms with van der Waals surface area (Å²) >= 11 is 0. The maximum atomic E-state index is 13.3. The highest BCUT2D eigenvalue weighted by Crippen LogP contribution is 2.43. The monoisotopic (exact) mass is 491 g/mol. The van der Waals surface area contributed by atoms with Crippen molar-refractivity contribution in [1.82, 2.24) is 0 Å². The number of benzene rings is 3. The van der Waals surface area contributed by atoms with Gasteiger partial charge in [0.2, 0.25) is 6.79 Å². The van der Waals surface area contributed by atoms with Gasteiger partial charge in [0.25, 0.3) is 5.91 Å². The van der Waals surface area contributed by atoms with E-state index in [2.05, 4.69) is 19.2 Å². The van der Waals surface area contributed by atoms with Crippen molar-refractivity contribution in [3.05, 3.63) is 83.7 Å². The van der Waals surface area contributed by atoms with Crippen LogP contribution < -0.4 is 19.5 Å². The Morgan fingerprint density at radius 3 is 2.47 bits per heavy atom. The van der Waals surface area contributed by atoms with Gasteiger partial charge in [-0.2, -0.15) is 0 Å². The van der Waals surface area contributed by atoms with Crippen LogP contribution in [0.2, 0.25) is 0 Å². The molecule has 6 nitrogen and oxygen atoms in total. The van der Waals surface area contributed by atoms with Crippen molar-refractivity contribution in [2.45, 2.75) is 32.3 Å². The topological polar surface area (TPSA) is 66.0 Å². The van der Waals surface area contributed by atoms with E-state index in [0.717, 1.165) is 17.5 Å². The number of nitrogens with one attached hydrogen (secondary N) is 1. The molecule has 0 aliphatic carbocycles. The summed E-state index contributed by atoms with van der Waals surface area (Å²) in [4.78, 5) is 12.3. The first-order chi connectivity index (χ1) is 17.5. The maximum Gasteiger partial charge on any atom is 0.262 e. The maximum absolute atomic E-state index is 13.3. The van der Waals surface area contributed by atoms with Crippen LogP contribution in [-0.4, -0.2) is 25.9 Å². The molecule has 2 aliphatic rings. The number of halogens is 1. The number of ether oxygens (including phenoxy) is 4. The van der Waals surface area contributed by atoms with Crippen LogP contribution in [0.1, 0.15) is 43.4 Å². The zero-order chi connectivity index (χ0) is 25.1. The van der Waals surface area contributed by atoms with Gasteiger partial charge in [-0.25, -0.2) is 4.39 Å². The Bertz CT molecular complexity index is 1200. The molecule has 3 atom stereocenters. The van der Waals surface area contributed by atoms with Gasteiger partial charge in [0.05, 0.1) is 12.7 Å². The van der Waals surface area contributed by atoms with Crippen molar-refractivity contribution < 1.29 is 28.1 Å². The molecule has 0 bridgehead atoms. The summed E-state index contributed by atoms with van der Waals surface area (Å²) in [5.74, 6) is 2.40. The number of hydrogen-bond acceptors (Lipinski definition) is 5. The molecule has 7 heteroatoms. The molecule has 0 radical (unpaired) electrons. The smallest absolute Gasteiger partial charge is 0.262 e. The molecule has 1 saturated heterocycles. The van der Waals surface area contributed by atoms with Crippen LogP contribution in [0, 0.1) is 17.7 Å². The first-order valence-corrected chi connectivity index (χ1v) is 12.3. The fraction of sp³-hybridized carbons (Fsp3) is 0.345. The van der Waals surface area contributed by atoms with Crippen LogP contribution >= 0.6 is 0 Å². The number of amides is 1. The molecule has 36 heavy (non-hydrogen) atoms. The van der Waals surface area contributed by atoms with Crippen molar-refractivity contribution in [2.24, 2.45) is 11.8 Å². The summed E-state index contributed by atoms with van der Waals surface area (Å²) in [6, 6.07) is 19.7. The minimum Gasteiger partial charge on any atom is -0.484 e. The lowest BCUT2D eigenvalue weighted by molar-refractivity contribution is -0.118. The molecule has 1 amide bonds. The second kappa shape index (κ2) is 10.6. The highest BCUT2D eigenvalue weighted by atomic mass is 19.1. The molecule has 0 aromatic heterocycles. The summed E-state index contributed by atoms with van der Waals surface area (Å²) in [5, 5.41) is 2.80. The van der Waals surface area contributed by atoms with Gasteiger partial charge in [-0.1, -0.05) is 38.1 Å². The zero-order valence-electron chi connectivity index (χ0n) is 20.4. The van der Waals surface area contributed by atoms with Crippen LogP contribution in [0.4, 0.5) is 10.1 Å². The average molecular weight is 492 g/mol. The molecule has 188 valence electrons. The first-order valence-electron chi connectivity index (χ1n) is 12.3. The molecular formula is C29H30FNO5. The molecule has 3 aromatic rings. The van der Waals surface area contributed by atoms with E-state index in [9.17, 15) is 9.18 Å². The van der Waals surface area contributed by atoms with Crippen LogP contribution in [0.15, 0.2) is 66.7 Å². The van der Waals surface area contributed by atoms with E-state index in [1.807, 2.05) is 36.4 Å². The Kier molecular flexibility index (Phi) is 7.09. The zero-order valence-corrected chi connectivity index (χ0v) is 20.4. The van der Waals surface area contributed by atoms with Gasteiger partial charge in [0.1, 0.15) is 11.6 Å². The average Bonchev–Trinajstić information content (AvgIpc) is 3.36. The number of rotatable bonds is 7. The molecule has 2 aliphatic heterocycles. The molecule has 1 N–H and O–H groups in total. The fourth-order valence-corrected chi connectivity index (χ4v) is 4.87. The van der Waals surface area contributed by atoms with Gasteiger partial charge < -0.3 is 24.3 Å². The Balaban J connectivity index is 1.17. The third-order valence-electron chi connectivity index (χ3n) is 6.86. The molecular weight excluding hydrogens is 461 g/mol. The van der Waals surface area contributed by atoms with Gasteiger partial charge in [-0.05, 0) is 65.8 Å². The molecule has 2 heterocycles. The second-order valence-electron chi connectivity index (χ2n) is 9.62. The Hall–Kier alpha value is -3.58. The minimum absolute atomic E-state index is 0.0231. The van der Waals surface area contributed by atoms with E-state index in [-0.39, 0.29) is 37.1 Å². The number of carbonyl (C=O) groups is 1. The fourth-order valence-electron chi connectivity index (χ4n) is 4.87. The molecule has 1 fully saturated rings. The lowest BCUT2D eigenvalue weighted by atomic mass is 9.76. The van der Waals surface area contributed by atoms with Crippen LogP contribution in [-0.2, 0) is 9.53 Å². The third-order valence-corrected chi connectivity index (χ3v) is 6.86. The van der Waals surface area contributed by atoms with E-state index in [0.29, 0.717) is 41.4 Å². The van der Waals surface area contributed by atoms with Crippen molar-refractivity contribution in [1.29, 1.82) is 0 Å². The lowest BCUT2D eigenvalue weighted by Crippen LogP contribution is -2.31. The highest BCUT2D eigenvalue weighted by Gasteiger charge is 2.35. The van der Waals surface area contributed by atoms with Gasteiger partial charge in [0.15, 0.2) is 18.1 Å². The number of fused-ring (bicyclic) bond motifs is 1. The van der Waals surface area contributed by atoms with E-state index >= 15 is 0 Å². The van der Waals surface area contributed by atoms with Crippen LogP contribution in [0.3, 0.4) is 0 Å². The van der Waals surface area contributed by atoms with Gasteiger partial charge >= 0.3 is 0 Å². The largest absolute Gasteiger partial charge is 0.484 e. The van der Waals surface area contributed by atoms with Crippen LogP contribution in [0.5, 0.6) is 17.2 Å². The number of hydrogen-bond donors (Lipinski definition) is 1. The lowest BCUT2D eigenvalue weighted by Gasteiger charge is -2.39. The van der Waals surface area contributed by atoms with E-state index < -0.39 is 0 Å². The summed E-state index contributed by atoms with van der Waals surface area (Å²) < 4.78 is 36.0. The van der Waals surface area contributed by atoms with Crippen molar-refractivity contribution in [2.75, 3.05) is 25.3 Å². The minimum atomic E-state index is -0.264. The third kappa shape index (κ3) is 5.46. The summed E-state index contributed by atoms with van der Waals surface area (Å²) in [6.07, 6.45) is 0.955. The SMILES string of the molecule is CC(C)[C@@H]1C[C@H](c2ccc(F)cc2)CO[C@H]1c1ccc(OCC(=O)Nc2ccc3c(c2)OCO3)cc1. The predicted molar refractivity (Wildman–Crippen MR) is 134 cm³/mol. The molecule has 0 spiro atoms. The van der Waals surface area contributed by atoms with E-state index in [1.165, 1.54) is 12.1 Å². The molecule has 0 unspecified atom stereocenters. The normalized spacial score (nSPS) is 20.8. The first kappa shape index (κ1) is 24.1. The van der Waals surface area contributed by atoms with Crippen LogP contribution in [0.25, 0.3) is 0 Å². The Labute approximate surface area is 210 Å². The van der Waals surface area contributed by atoms with Crippen molar-refractivity contribution in [3.8, 4) is 17.2 Å². The van der Waals surface area contributed by atoms with Crippen molar-refractivity contribution in [3.63, 3.8) is 0 Å². The van der Waals surface area contributed by atoms with E-state index in [4.69, 9.17) is 18.9 Å². The Morgan fingerprint density at radius 1 is 1.00 bits per heavy atom.